The van der Waals surface area contributed by atoms with Gasteiger partial charge in [0.1, 0.15) is 5.75 Å². The number of hydrogen-bond donors (Lipinski definition) is 0. The standard InChI is InChI=1S/C21H16N2O/c1-24-20-6-5-18-17(15-7-11-22-12-8-15)3-2-4-19(18)21(20)16-9-13-23-14-10-16/h2-14H,1H3. The Kier molecular flexibility index (Phi) is 3.67. The lowest BCUT2D eigenvalue weighted by atomic mass is 9.93. The normalized spacial score (nSPS) is 10.7. The summed E-state index contributed by atoms with van der Waals surface area (Å²) in [5.41, 5.74) is 4.53. The highest BCUT2D eigenvalue weighted by Gasteiger charge is 2.13. The zero-order chi connectivity index (χ0) is 16.4. The maximum Gasteiger partial charge on any atom is 0.127 e. The molecule has 0 fully saturated rings. The minimum absolute atomic E-state index is 0.862. The number of hydrogen-bond acceptors (Lipinski definition) is 3. The van der Waals surface area contributed by atoms with Crippen molar-refractivity contribution in [2.75, 3.05) is 7.11 Å². The van der Waals surface area contributed by atoms with Gasteiger partial charge in [0.15, 0.2) is 0 Å². The molecule has 116 valence electrons. The Labute approximate surface area is 140 Å². The first-order valence-electron chi connectivity index (χ1n) is 7.79. The summed E-state index contributed by atoms with van der Waals surface area (Å²) in [7, 11) is 1.71. The van der Waals surface area contributed by atoms with Crippen LogP contribution in [0.5, 0.6) is 5.75 Å². The summed E-state index contributed by atoms with van der Waals surface area (Å²) in [6.45, 7) is 0. The van der Waals surface area contributed by atoms with Gasteiger partial charge in [-0.3, -0.25) is 9.97 Å². The molecule has 2 aromatic heterocycles. The third-order valence-electron chi connectivity index (χ3n) is 4.20. The van der Waals surface area contributed by atoms with Gasteiger partial charge in [-0.15, -0.1) is 0 Å². The van der Waals surface area contributed by atoms with E-state index < -0.39 is 0 Å². The lowest BCUT2D eigenvalue weighted by Gasteiger charge is -2.14. The fourth-order valence-electron chi connectivity index (χ4n) is 3.11. The number of nitrogens with zero attached hydrogens (tertiary/aromatic N) is 2. The molecule has 2 heterocycles. The van der Waals surface area contributed by atoms with Crippen LogP contribution in [-0.2, 0) is 0 Å². The lowest BCUT2D eigenvalue weighted by Crippen LogP contribution is -1.91. The van der Waals surface area contributed by atoms with Crippen LogP contribution in [-0.4, -0.2) is 17.1 Å². The molecule has 2 aromatic carbocycles. The predicted molar refractivity (Wildman–Crippen MR) is 97.0 cm³/mol. The summed E-state index contributed by atoms with van der Waals surface area (Å²) in [4.78, 5) is 8.24. The van der Waals surface area contributed by atoms with E-state index in [0.29, 0.717) is 0 Å². The van der Waals surface area contributed by atoms with E-state index in [1.165, 1.54) is 10.9 Å². The third-order valence-corrected chi connectivity index (χ3v) is 4.20. The molecule has 4 aromatic rings. The van der Waals surface area contributed by atoms with E-state index in [2.05, 4.69) is 34.2 Å². The summed E-state index contributed by atoms with van der Waals surface area (Å²) < 4.78 is 5.62. The van der Waals surface area contributed by atoms with Gasteiger partial charge >= 0.3 is 0 Å². The molecule has 3 heteroatoms. The van der Waals surface area contributed by atoms with Crippen LogP contribution in [0.15, 0.2) is 79.4 Å². The summed E-state index contributed by atoms with van der Waals surface area (Å²) in [5, 5.41) is 2.35. The van der Waals surface area contributed by atoms with Gasteiger partial charge in [0.2, 0.25) is 0 Å². The van der Waals surface area contributed by atoms with Crippen LogP contribution in [0.1, 0.15) is 0 Å². The van der Waals surface area contributed by atoms with Crippen molar-refractivity contribution in [3.63, 3.8) is 0 Å². The highest BCUT2D eigenvalue weighted by molar-refractivity contribution is 6.06. The maximum absolute atomic E-state index is 5.62. The fourth-order valence-corrected chi connectivity index (χ4v) is 3.11. The first-order valence-corrected chi connectivity index (χ1v) is 7.79. The molecular weight excluding hydrogens is 296 g/mol. The Balaban J connectivity index is 2.05. The zero-order valence-electron chi connectivity index (χ0n) is 13.3. The number of benzene rings is 2. The fraction of sp³-hybridized carbons (Fsp3) is 0.0476. The highest BCUT2D eigenvalue weighted by atomic mass is 16.5. The Morgan fingerprint density at radius 3 is 2.00 bits per heavy atom. The van der Waals surface area contributed by atoms with E-state index in [1.807, 2.05) is 42.7 Å². The van der Waals surface area contributed by atoms with Crippen molar-refractivity contribution in [2.24, 2.45) is 0 Å². The summed E-state index contributed by atoms with van der Waals surface area (Å²) >= 11 is 0. The van der Waals surface area contributed by atoms with E-state index in [4.69, 9.17) is 4.74 Å². The zero-order valence-corrected chi connectivity index (χ0v) is 13.3. The van der Waals surface area contributed by atoms with E-state index in [0.717, 1.165) is 27.8 Å². The second-order valence-corrected chi connectivity index (χ2v) is 5.52. The molecule has 3 nitrogen and oxygen atoms in total. The number of ether oxygens (including phenoxy) is 1. The van der Waals surface area contributed by atoms with Crippen LogP contribution in [0, 0.1) is 0 Å². The summed E-state index contributed by atoms with van der Waals surface area (Å²) in [6, 6.07) is 18.6. The second-order valence-electron chi connectivity index (χ2n) is 5.52. The molecule has 0 saturated carbocycles. The van der Waals surface area contributed by atoms with Crippen LogP contribution < -0.4 is 4.74 Å². The molecule has 0 bridgehead atoms. The van der Waals surface area contributed by atoms with Gasteiger partial charge in [0.25, 0.3) is 0 Å². The minimum Gasteiger partial charge on any atom is -0.496 e. The van der Waals surface area contributed by atoms with Crippen molar-refractivity contribution < 1.29 is 4.74 Å². The molecular formula is C21H16N2O. The number of aromatic nitrogens is 2. The average molecular weight is 312 g/mol. The molecule has 0 aliphatic carbocycles. The summed E-state index contributed by atoms with van der Waals surface area (Å²) in [6.07, 6.45) is 7.25. The number of fused-ring (bicyclic) bond motifs is 1. The SMILES string of the molecule is COc1ccc2c(-c3ccncc3)cccc2c1-c1ccncc1. The van der Waals surface area contributed by atoms with Crippen LogP contribution in [0.2, 0.25) is 0 Å². The Hall–Kier alpha value is -3.20. The molecule has 0 aliphatic rings. The molecule has 0 saturated heterocycles. The molecule has 0 radical (unpaired) electrons. The van der Waals surface area contributed by atoms with Crippen LogP contribution in [0.4, 0.5) is 0 Å². The van der Waals surface area contributed by atoms with Crippen LogP contribution in [0.3, 0.4) is 0 Å². The number of pyridine rings is 2. The van der Waals surface area contributed by atoms with Crippen molar-refractivity contribution in [3.8, 4) is 28.0 Å². The average Bonchev–Trinajstić information content (AvgIpc) is 2.68. The van der Waals surface area contributed by atoms with Crippen LogP contribution in [0.25, 0.3) is 33.0 Å². The van der Waals surface area contributed by atoms with Crippen molar-refractivity contribution in [2.45, 2.75) is 0 Å². The maximum atomic E-state index is 5.62. The van der Waals surface area contributed by atoms with E-state index in [9.17, 15) is 0 Å². The van der Waals surface area contributed by atoms with Gasteiger partial charge in [-0.2, -0.15) is 0 Å². The van der Waals surface area contributed by atoms with Crippen molar-refractivity contribution >= 4 is 10.8 Å². The topological polar surface area (TPSA) is 35.0 Å². The smallest absolute Gasteiger partial charge is 0.127 e. The van der Waals surface area contributed by atoms with E-state index in [1.54, 1.807) is 19.5 Å². The van der Waals surface area contributed by atoms with Gasteiger partial charge in [0, 0.05) is 30.4 Å². The quantitative estimate of drug-likeness (QED) is 0.535. The van der Waals surface area contributed by atoms with Crippen molar-refractivity contribution in [1.29, 1.82) is 0 Å². The van der Waals surface area contributed by atoms with E-state index in [-0.39, 0.29) is 0 Å². The molecule has 0 amide bonds. The van der Waals surface area contributed by atoms with Gasteiger partial charge in [0.05, 0.1) is 7.11 Å². The molecule has 0 unspecified atom stereocenters. The van der Waals surface area contributed by atoms with Gasteiger partial charge < -0.3 is 4.74 Å². The minimum atomic E-state index is 0.862. The molecule has 0 N–H and O–H groups in total. The molecule has 0 atom stereocenters. The third kappa shape index (κ3) is 2.40. The Morgan fingerprint density at radius 1 is 0.667 bits per heavy atom. The predicted octanol–water partition coefficient (Wildman–Crippen LogP) is 4.97. The molecule has 0 aliphatic heterocycles. The number of methoxy groups -OCH3 is 1. The second kappa shape index (κ2) is 6.13. The van der Waals surface area contributed by atoms with Gasteiger partial charge in [-0.1, -0.05) is 24.3 Å². The molecule has 24 heavy (non-hydrogen) atoms. The Morgan fingerprint density at radius 2 is 1.33 bits per heavy atom. The van der Waals surface area contributed by atoms with E-state index >= 15 is 0 Å². The first-order chi connectivity index (χ1) is 11.9. The molecule has 4 rings (SSSR count). The first kappa shape index (κ1) is 14.4. The number of rotatable bonds is 3. The van der Waals surface area contributed by atoms with Crippen LogP contribution >= 0.6 is 0 Å². The Bertz CT molecular complexity index is 983. The van der Waals surface area contributed by atoms with Crippen molar-refractivity contribution in [3.05, 3.63) is 79.4 Å². The lowest BCUT2D eigenvalue weighted by molar-refractivity contribution is 0.417. The molecule has 0 spiro atoms. The largest absolute Gasteiger partial charge is 0.496 e. The summed E-state index contributed by atoms with van der Waals surface area (Å²) in [5.74, 6) is 0.862. The van der Waals surface area contributed by atoms with Gasteiger partial charge in [-0.05, 0) is 57.8 Å². The monoisotopic (exact) mass is 312 g/mol. The highest BCUT2D eigenvalue weighted by Crippen LogP contribution is 2.40. The van der Waals surface area contributed by atoms with Crippen molar-refractivity contribution in [1.82, 2.24) is 9.97 Å². The van der Waals surface area contributed by atoms with Gasteiger partial charge in [-0.25, -0.2) is 0 Å².